The Bertz CT molecular complexity index is 1880. The molecule has 1 amide bonds. The fourth-order valence-corrected chi connectivity index (χ4v) is 4.54. The first-order chi connectivity index (χ1) is 28.0. The van der Waals surface area contributed by atoms with Crippen LogP contribution in [0, 0.1) is 26.3 Å². The summed E-state index contributed by atoms with van der Waals surface area (Å²) in [6.45, 7) is 29.1. The number of carbonyl (C=O) groups is 1. The van der Waals surface area contributed by atoms with E-state index in [1.165, 1.54) is 0 Å². The predicted molar refractivity (Wildman–Crippen MR) is 225 cm³/mol. The standard InChI is InChI=1S/C16H16N2O2.4C8H7N.BrH.Fe/c19-16(18-12-15-9-5-2-6-10-15)20-13-17-11-14-7-3-1-4-8-14;4*1-9-7-8-5-3-2-4-6-8;;/h1-10,17H,11-12H2,(H,18,19);4*2-6H,7H2;1H;/q;;;;;;+1/p-2. The molecule has 293 valence electrons. The van der Waals surface area contributed by atoms with Crippen molar-refractivity contribution < 1.29 is 42.1 Å². The average molecular weight is 872 g/mol. The van der Waals surface area contributed by atoms with Crippen molar-refractivity contribution in [3.63, 3.8) is 0 Å². The van der Waals surface area contributed by atoms with Crippen LogP contribution in [-0.4, -0.2) is 10.8 Å². The van der Waals surface area contributed by atoms with E-state index in [4.69, 9.17) is 31.0 Å². The molecular formula is C48H43BrFeN6O2-. The molecule has 6 aromatic carbocycles. The zero-order valence-electron chi connectivity index (χ0n) is 31.8. The molecule has 58 heavy (non-hydrogen) atoms. The monoisotopic (exact) mass is 870 g/mol. The molecule has 0 saturated carbocycles. The number of benzene rings is 6. The van der Waals surface area contributed by atoms with Crippen LogP contribution in [0.4, 0.5) is 4.79 Å². The number of halogens is 1. The van der Waals surface area contributed by atoms with Crippen LogP contribution in [-0.2, 0) is 59.6 Å². The van der Waals surface area contributed by atoms with Gasteiger partial charge in [-0.1, -0.05) is 121 Å². The van der Waals surface area contributed by atoms with Crippen molar-refractivity contribution in [2.24, 2.45) is 0 Å². The normalized spacial score (nSPS) is 8.76. The Morgan fingerprint density at radius 2 is 0.724 bits per heavy atom. The van der Waals surface area contributed by atoms with Gasteiger partial charge >= 0.3 is 131 Å². The van der Waals surface area contributed by atoms with E-state index >= 15 is 0 Å². The molecule has 0 atom stereocenters. The largest absolute Gasteiger partial charge is 1.00 e. The van der Waals surface area contributed by atoms with E-state index in [2.05, 4.69) is 45.6 Å². The van der Waals surface area contributed by atoms with Crippen LogP contribution in [0.3, 0.4) is 0 Å². The average Bonchev–Trinajstić information content (AvgIpc) is 3.26. The van der Waals surface area contributed by atoms with Crippen LogP contribution in [0.5, 0.6) is 0 Å². The molecule has 0 saturated heterocycles. The van der Waals surface area contributed by atoms with Gasteiger partial charge in [-0.3, -0.25) is 0 Å². The van der Waals surface area contributed by atoms with E-state index in [1.54, 1.807) is 0 Å². The van der Waals surface area contributed by atoms with Gasteiger partial charge in [-0.25, -0.2) is 26.3 Å². The third kappa shape index (κ3) is 25.5. The van der Waals surface area contributed by atoms with Gasteiger partial charge in [0.15, 0.2) is 0 Å². The van der Waals surface area contributed by atoms with Gasteiger partial charge in [-0.15, -0.1) is 0 Å². The molecule has 0 spiro atoms. The number of hydrogen-bond donors (Lipinski definition) is 1. The van der Waals surface area contributed by atoms with E-state index in [1.807, 2.05) is 182 Å². The summed E-state index contributed by atoms with van der Waals surface area (Å²) in [5, 5.41) is 6.76. The molecule has 6 rings (SSSR count). The van der Waals surface area contributed by atoms with Gasteiger partial charge in [0, 0.05) is 22.3 Å². The van der Waals surface area contributed by atoms with Crippen LogP contribution in [0.25, 0.3) is 24.7 Å². The Kier molecular flexibility index (Phi) is 28.7. The summed E-state index contributed by atoms with van der Waals surface area (Å²) in [5.74, 6) is 0. The van der Waals surface area contributed by atoms with Gasteiger partial charge < -0.3 is 36.4 Å². The summed E-state index contributed by atoms with van der Waals surface area (Å²) in [6, 6.07) is 58.3. The third-order valence-corrected chi connectivity index (χ3v) is 7.40. The molecule has 10 heteroatoms. The second-order valence-electron chi connectivity index (χ2n) is 11.5. The number of rotatable bonds is 10. The molecule has 8 nitrogen and oxygen atoms in total. The molecule has 0 bridgehead atoms. The zero-order valence-corrected chi connectivity index (χ0v) is 34.5. The van der Waals surface area contributed by atoms with E-state index in [0.717, 1.165) is 33.4 Å². The second-order valence-corrected chi connectivity index (χ2v) is 12.0. The minimum absolute atomic E-state index is 0. The fraction of sp³-hybridized carbons (Fsp3) is 0.125. The topological polar surface area (TPSA) is 69.9 Å². The number of nitrogens with zero attached hydrogens (tertiary/aromatic N) is 5. The van der Waals surface area contributed by atoms with E-state index in [9.17, 15) is 4.79 Å². The quantitative estimate of drug-likeness (QED) is 0.111. The third-order valence-electron chi connectivity index (χ3n) is 7.10. The van der Waals surface area contributed by atoms with Gasteiger partial charge in [0.25, 0.3) is 0 Å². The SMILES string of the molecule is O=C([N-]Cc1ccccc1)O[C](=[Fe+])NCc1ccccc1.[Br-].[C-]#[N+]Cc1ccccc1.[C-]#[N+]Cc1ccccc1.[C-]#[N+]Cc1ccccc1.[C-]#[N+]Cc1ccccc1. The maximum atomic E-state index is 11.5. The summed E-state index contributed by atoms with van der Waals surface area (Å²) >= 11 is 3.65. The first kappa shape index (κ1) is 49.4. The smallest absolute Gasteiger partial charge is 0.239 e. The van der Waals surface area contributed by atoms with Crippen molar-refractivity contribution in [1.82, 2.24) is 5.32 Å². The maximum Gasteiger partial charge on any atom is 0.239 e. The Hall–Kier alpha value is -6.62. The van der Waals surface area contributed by atoms with Crippen LogP contribution in [0.2, 0.25) is 0 Å². The molecule has 0 aliphatic carbocycles. The number of nitrogens with one attached hydrogen (secondary N) is 1. The van der Waals surface area contributed by atoms with Crippen molar-refractivity contribution in [2.75, 3.05) is 0 Å². The van der Waals surface area contributed by atoms with Gasteiger partial charge in [0.1, 0.15) is 0 Å². The van der Waals surface area contributed by atoms with Crippen LogP contribution >= 0.6 is 0 Å². The Balaban J connectivity index is 0.000000385. The summed E-state index contributed by atoms with van der Waals surface area (Å²) in [4.78, 5) is 24.6. The Morgan fingerprint density at radius 1 is 0.466 bits per heavy atom. The molecule has 0 radical (unpaired) electrons. The molecule has 0 aromatic heterocycles. The molecule has 0 aliphatic heterocycles. The molecular weight excluding hydrogens is 828 g/mol. The van der Waals surface area contributed by atoms with Crippen LogP contribution in [0.1, 0.15) is 33.4 Å². The molecule has 6 aromatic rings. The van der Waals surface area contributed by atoms with Crippen molar-refractivity contribution in [3.8, 4) is 0 Å². The fourth-order valence-electron chi connectivity index (χ4n) is 4.35. The molecule has 0 aliphatic rings. The van der Waals surface area contributed by atoms with Gasteiger partial charge in [0.05, 0.1) is 0 Å². The minimum Gasteiger partial charge on any atom is -1.00 e. The Labute approximate surface area is 362 Å². The number of ether oxygens (including phenoxy) is 1. The molecule has 0 fully saturated rings. The molecule has 1 N–H and O–H groups in total. The zero-order chi connectivity index (χ0) is 41.0. The van der Waals surface area contributed by atoms with Gasteiger partial charge in [0.2, 0.25) is 26.2 Å². The first-order valence-corrected chi connectivity index (χ1v) is 18.2. The van der Waals surface area contributed by atoms with Crippen molar-refractivity contribution in [3.05, 3.63) is 266 Å². The molecule has 0 heterocycles. The second kappa shape index (κ2) is 33.7. The van der Waals surface area contributed by atoms with E-state index in [0.29, 0.717) is 39.3 Å². The summed E-state index contributed by atoms with van der Waals surface area (Å²) in [5.41, 5.74) is 6.40. The summed E-state index contributed by atoms with van der Waals surface area (Å²) in [7, 11) is 0. The van der Waals surface area contributed by atoms with Crippen LogP contribution < -0.4 is 22.3 Å². The van der Waals surface area contributed by atoms with Crippen LogP contribution in [0.15, 0.2) is 182 Å². The van der Waals surface area contributed by atoms with Crippen molar-refractivity contribution in [2.45, 2.75) is 39.3 Å². The van der Waals surface area contributed by atoms with E-state index < -0.39 is 6.09 Å². The summed E-state index contributed by atoms with van der Waals surface area (Å²) < 4.78 is 5.18. The number of amides is 1. The van der Waals surface area contributed by atoms with E-state index in [-0.39, 0.29) is 21.7 Å². The van der Waals surface area contributed by atoms with Gasteiger partial charge in [-0.05, 0) is 0 Å². The number of carbonyl (C=O) groups excluding carboxylic acids is 1. The number of hydrogen-bond acceptors (Lipinski definition) is 3. The summed E-state index contributed by atoms with van der Waals surface area (Å²) in [6.07, 6.45) is -0.649. The first-order valence-electron chi connectivity index (χ1n) is 17.7. The van der Waals surface area contributed by atoms with Crippen molar-refractivity contribution >= 4 is 10.8 Å². The van der Waals surface area contributed by atoms with Crippen molar-refractivity contribution in [1.29, 1.82) is 0 Å². The molecule has 0 unspecified atom stereocenters. The Morgan fingerprint density at radius 3 is 1.00 bits per heavy atom. The predicted octanol–water partition coefficient (Wildman–Crippen LogP) is 8.55. The van der Waals surface area contributed by atoms with Gasteiger partial charge in [-0.2, -0.15) is 0 Å². The minimum atomic E-state index is -0.649. The maximum absolute atomic E-state index is 11.5.